The van der Waals surface area contributed by atoms with Crippen LogP contribution in [0.4, 0.5) is 8.78 Å². The van der Waals surface area contributed by atoms with Crippen molar-refractivity contribution in [3.8, 4) is 5.75 Å². The molecule has 1 aromatic rings. The summed E-state index contributed by atoms with van der Waals surface area (Å²) in [4.78, 5) is 9.19. The molecule has 166 valence electrons. The van der Waals surface area contributed by atoms with Gasteiger partial charge in [-0.1, -0.05) is 12.1 Å². The van der Waals surface area contributed by atoms with Crippen molar-refractivity contribution in [2.24, 2.45) is 4.99 Å². The van der Waals surface area contributed by atoms with Gasteiger partial charge in [-0.2, -0.15) is 8.78 Å². The number of hydrogen-bond acceptors (Lipinski definition) is 4. The van der Waals surface area contributed by atoms with E-state index in [0.29, 0.717) is 6.54 Å². The molecule has 0 bridgehead atoms. The molecule has 1 N–H and O–H groups in total. The van der Waals surface area contributed by atoms with Crippen molar-refractivity contribution in [3.63, 3.8) is 0 Å². The zero-order chi connectivity index (χ0) is 20.2. The van der Waals surface area contributed by atoms with E-state index in [4.69, 9.17) is 9.73 Å². The van der Waals surface area contributed by atoms with Gasteiger partial charge in [-0.3, -0.25) is 9.89 Å². The molecule has 1 fully saturated rings. The molecular weight excluding hydrogens is 493 g/mol. The van der Waals surface area contributed by atoms with Gasteiger partial charge in [0.1, 0.15) is 5.75 Å². The molecule has 0 saturated carbocycles. The molecule has 1 aliphatic rings. The average Bonchev–Trinajstić information content (AvgIpc) is 2.69. The number of rotatable bonds is 10. The smallest absolute Gasteiger partial charge is 0.387 e. The first-order valence-corrected chi connectivity index (χ1v) is 9.91. The second-order valence-corrected chi connectivity index (χ2v) is 6.78. The first-order chi connectivity index (χ1) is 13.6. The van der Waals surface area contributed by atoms with Crippen LogP contribution in [0, 0.1) is 0 Å². The van der Waals surface area contributed by atoms with Crippen LogP contribution >= 0.6 is 24.0 Å². The van der Waals surface area contributed by atoms with E-state index in [1.807, 2.05) is 18.9 Å². The zero-order valence-corrected chi connectivity index (χ0v) is 19.6. The van der Waals surface area contributed by atoms with Gasteiger partial charge in [0.05, 0.1) is 13.2 Å². The van der Waals surface area contributed by atoms with Crippen LogP contribution in [0.1, 0.15) is 25.3 Å². The number of morpholine rings is 1. The summed E-state index contributed by atoms with van der Waals surface area (Å²) in [5.74, 6) is 1.02. The topological polar surface area (TPSA) is 49.3 Å². The molecular formula is C20H33F2IN4O2. The molecule has 0 amide bonds. The molecule has 0 aromatic heterocycles. The van der Waals surface area contributed by atoms with E-state index in [-0.39, 0.29) is 29.7 Å². The Bertz CT molecular complexity index is 584. The standard InChI is InChI=1S/C20H32F2N4O2.HI/c1-3-23-20(24-10-4-5-11-26-12-14-27-15-13-26)25(2)16-17-6-8-18(9-7-17)28-19(21)22;/h6-9,19H,3-5,10-16H2,1-2H3,(H,23,24);1H. The Morgan fingerprint density at radius 1 is 1.24 bits per heavy atom. The molecule has 0 aliphatic carbocycles. The van der Waals surface area contributed by atoms with Crippen LogP contribution in [-0.4, -0.2) is 75.4 Å². The van der Waals surface area contributed by atoms with Crippen LogP contribution in [0.25, 0.3) is 0 Å². The molecule has 0 radical (unpaired) electrons. The maximum absolute atomic E-state index is 12.2. The Labute approximate surface area is 189 Å². The summed E-state index contributed by atoms with van der Waals surface area (Å²) in [5.41, 5.74) is 1.00. The summed E-state index contributed by atoms with van der Waals surface area (Å²) < 4.78 is 34.2. The molecule has 0 atom stereocenters. The Morgan fingerprint density at radius 2 is 1.93 bits per heavy atom. The van der Waals surface area contributed by atoms with Gasteiger partial charge in [-0.15, -0.1) is 24.0 Å². The van der Waals surface area contributed by atoms with Gasteiger partial charge in [0, 0.05) is 39.8 Å². The molecule has 0 spiro atoms. The van der Waals surface area contributed by atoms with E-state index in [9.17, 15) is 8.78 Å². The van der Waals surface area contributed by atoms with Crippen LogP contribution < -0.4 is 10.1 Å². The third kappa shape index (κ3) is 10.4. The van der Waals surface area contributed by atoms with Crippen LogP contribution in [0.15, 0.2) is 29.3 Å². The van der Waals surface area contributed by atoms with Crippen molar-refractivity contribution in [3.05, 3.63) is 29.8 Å². The van der Waals surface area contributed by atoms with Crippen molar-refractivity contribution in [2.75, 3.05) is 53.0 Å². The predicted octanol–water partition coefficient (Wildman–Crippen LogP) is 3.42. The maximum Gasteiger partial charge on any atom is 0.387 e. The fourth-order valence-corrected chi connectivity index (χ4v) is 3.05. The second-order valence-electron chi connectivity index (χ2n) is 6.78. The third-order valence-electron chi connectivity index (χ3n) is 4.51. The van der Waals surface area contributed by atoms with E-state index >= 15 is 0 Å². The minimum Gasteiger partial charge on any atom is -0.435 e. The van der Waals surface area contributed by atoms with Gasteiger partial charge in [0.15, 0.2) is 5.96 Å². The quantitative estimate of drug-likeness (QED) is 0.219. The lowest BCUT2D eigenvalue weighted by atomic mass is 10.2. The lowest BCUT2D eigenvalue weighted by Gasteiger charge is -2.26. The lowest BCUT2D eigenvalue weighted by Crippen LogP contribution is -2.38. The highest BCUT2D eigenvalue weighted by Gasteiger charge is 2.10. The number of nitrogens with one attached hydrogen (secondary N) is 1. The number of nitrogens with zero attached hydrogens (tertiary/aromatic N) is 3. The SMILES string of the molecule is CCNC(=NCCCCN1CCOCC1)N(C)Cc1ccc(OC(F)F)cc1.I. The maximum atomic E-state index is 12.2. The summed E-state index contributed by atoms with van der Waals surface area (Å²) >= 11 is 0. The van der Waals surface area contributed by atoms with E-state index < -0.39 is 6.61 Å². The Morgan fingerprint density at radius 3 is 2.55 bits per heavy atom. The minimum absolute atomic E-state index is 0. The van der Waals surface area contributed by atoms with Gasteiger partial charge in [0.25, 0.3) is 0 Å². The highest BCUT2D eigenvalue weighted by atomic mass is 127. The summed E-state index contributed by atoms with van der Waals surface area (Å²) in [6, 6.07) is 6.70. The summed E-state index contributed by atoms with van der Waals surface area (Å²) in [6.45, 7) is 6.25. The van der Waals surface area contributed by atoms with Gasteiger partial charge in [0.2, 0.25) is 0 Å². The number of hydrogen-bond donors (Lipinski definition) is 1. The number of alkyl halides is 2. The fourth-order valence-electron chi connectivity index (χ4n) is 3.05. The Balaban J connectivity index is 0.00000420. The molecule has 6 nitrogen and oxygen atoms in total. The van der Waals surface area contributed by atoms with Crippen molar-refractivity contribution in [2.45, 2.75) is 32.9 Å². The molecule has 29 heavy (non-hydrogen) atoms. The highest BCUT2D eigenvalue weighted by molar-refractivity contribution is 14.0. The monoisotopic (exact) mass is 526 g/mol. The van der Waals surface area contributed by atoms with Crippen molar-refractivity contribution >= 4 is 29.9 Å². The van der Waals surface area contributed by atoms with Crippen LogP contribution in [0.5, 0.6) is 5.75 Å². The van der Waals surface area contributed by atoms with Crippen LogP contribution in [-0.2, 0) is 11.3 Å². The molecule has 1 aliphatic heterocycles. The number of guanidine groups is 1. The lowest BCUT2D eigenvalue weighted by molar-refractivity contribution is -0.0498. The van der Waals surface area contributed by atoms with Crippen LogP contribution in [0.2, 0.25) is 0 Å². The number of unbranched alkanes of at least 4 members (excludes halogenated alkanes) is 1. The molecule has 1 aromatic carbocycles. The highest BCUT2D eigenvalue weighted by Crippen LogP contribution is 2.15. The molecule has 2 rings (SSSR count). The first kappa shape index (κ1) is 25.8. The largest absolute Gasteiger partial charge is 0.435 e. The number of aliphatic imine (C=N–C) groups is 1. The van der Waals surface area contributed by atoms with E-state index in [0.717, 1.165) is 70.3 Å². The zero-order valence-electron chi connectivity index (χ0n) is 17.3. The van der Waals surface area contributed by atoms with Crippen molar-refractivity contribution < 1.29 is 18.3 Å². The van der Waals surface area contributed by atoms with Gasteiger partial charge in [-0.05, 0) is 44.0 Å². The number of ether oxygens (including phenoxy) is 2. The number of benzene rings is 1. The van der Waals surface area contributed by atoms with E-state index in [2.05, 4.69) is 15.0 Å². The van der Waals surface area contributed by atoms with E-state index in [1.165, 1.54) is 0 Å². The fraction of sp³-hybridized carbons (Fsp3) is 0.650. The minimum atomic E-state index is -2.80. The van der Waals surface area contributed by atoms with Gasteiger partial charge in [-0.25, -0.2) is 0 Å². The normalized spacial score (nSPS) is 15.1. The number of halogens is 3. The molecule has 9 heteroatoms. The first-order valence-electron chi connectivity index (χ1n) is 9.91. The Hall–Kier alpha value is -1.20. The molecule has 1 heterocycles. The van der Waals surface area contributed by atoms with Crippen LogP contribution in [0.3, 0.4) is 0 Å². The Kier molecular flexibility index (Phi) is 13.1. The van der Waals surface area contributed by atoms with Crippen molar-refractivity contribution in [1.82, 2.24) is 15.1 Å². The second kappa shape index (κ2) is 14.7. The average molecular weight is 526 g/mol. The molecule has 1 saturated heterocycles. The summed E-state index contributed by atoms with van der Waals surface area (Å²) in [5, 5.41) is 3.31. The molecule has 0 unspecified atom stereocenters. The summed E-state index contributed by atoms with van der Waals surface area (Å²) in [7, 11) is 1.97. The third-order valence-corrected chi connectivity index (χ3v) is 4.51. The predicted molar refractivity (Wildman–Crippen MR) is 122 cm³/mol. The van der Waals surface area contributed by atoms with Gasteiger partial charge >= 0.3 is 6.61 Å². The van der Waals surface area contributed by atoms with Gasteiger partial charge < -0.3 is 19.7 Å². The van der Waals surface area contributed by atoms with E-state index in [1.54, 1.807) is 24.3 Å². The van der Waals surface area contributed by atoms with Crippen molar-refractivity contribution in [1.29, 1.82) is 0 Å². The summed E-state index contributed by atoms with van der Waals surface area (Å²) in [6.07, 6.45) is 2.16.